The van der Waals surface area contributed by atoms with Crippen molar-refractivity contribution in [2.75, 3.05) is 23.3 Å². The fourth-order valence-electron chi connectivity index (χ4n) is 1.13. The van der Waals surface area contributed by atoms with Crippen LogP contribution in [0.4, 0.5) is 5.69 Å². The van der Waals surface area contributed by atoms with E-state index in [0.29, 0.717) is 18.2 Å². The number of rotatable bonds is 6. The molecule has 17 heavy (non-hydrogen) atoms. The van der Waals surface area contributed by atoms with E-state index in [0.717, 1.165) is 11.1 Å². The SMILES string of the molecule is C[C@H](CBr)COc1ccc(N(C)S(=O)O)cc1. The van der Waals surface area contributed by atoms with Gasteiger partial charge in [0.15, 0.2) is 0 Å². The van der Waals surface area contributed by atoms with Crippen molar-refractivity contribution >= 4 is 32.9 Å². The van der Waals surface area contributed by atoms with Gasteiger partial charge < -0.3 is 4.74 Å². The van der Waals surface area contributed by atoms with Gasteiger partial charge in [0.25, 0.3) is 11.3 Å². The van der Waals surface area contributed by atoms with Gasteiger partial charge in [-0.25, -0.2) is 4.21 Å². The lowest BCUT2D eigenvalue weighted by atomic mass is 10.2. The van der Waals surface area contributed by atoms with Crippen LogP contribution in [0.1, 0.15) is 6.92 Å². The van der Waals surface area contributed by atoms with E-state index in [-0.39, 0.29) is 0 Å². The summed E-state index contributed by atoms with van der Waals surface area (Å²) in [6, 6.07) is 7.09. The summed E-state index contributed by atoms with van der Waals surface area (Å²) in [6.45, 7) is 2.73. The van der Waals surface area contributed by atoms with Gasteiger partial charge in [-0.2, -0.15) is 0 Å². The molecule has 96 valence electrons. The first kappa shape index (κ1) is 14.5. The molecule has 0 aromatic heterocycles. The lowest BCUT2D eigenvalue weighted by Crippen LogP contribution is -2.18. The molecule has 1 unspecified atom stereocenters. The predicted molar refractivity (Wildman–Crippen MR) is 74.1 cm³/mol. The summed E-state index contributed by atoms with van der Waals surface area (Å²) in [5, 5.41) is 0.900. The molecule has 1 N–H and O–H groups in total. The highest BCUT2D eigenvalue weighted by Crippen LogP contribution is 2.19. The first-order valence-electron chi connectivity index (χ1n) is 5.18. The van der Waals surface area contributed by atoms with E-state index in [4.69, 9.17) is 9.29 Å². The highest BCUT2D eigenvalue weighted by atomic mass is 79.9. The molecular weight excluding hydrogens is 306 g/mol. The van der Waals surface area contributed by atoms with Crippen LogP contribution in [-0.4, -0.2) is 27.7 Å². The Balaban J connectivity index is 2.59. The number of nitrogens with zero attached hydrogens (tertiary/aromatic N) is 1. The van der Waals surface area contributed by atoms with E-state index in [1.54, 1.807) is 31.3 Å². The van der Waals surface area contributed by atoms with E-state index >= 15 is 0 Å². The van der Waals surface area contributed by atoms with Gasteiger partial charge in [0, 0.05) is 12.4 Å². The minimum Gasteiger partial charge on any atom is -0.493 e. The molecular formula is C11H16BrNO3S. The van der Waals surface area contributed by atoms with Gasteiger partial charge in [-0.3, -0.25) is 8.86 Å². The zero-order chi connectivity index (χ0) is 12.8. The van der Waals surface area contributed by atoms with Crippen molar-refractivity contribution in [1.29, 1.82) is 0 Å². The second kappa shape index (κ2) is 6.98. The molecule has 1 aromatic carbocycles. The minimum absolute atomic E-state index is 0.447. The molecule has 0 amide bonds. The monoisotopic (exact) mass is 321 g/mol. The third-order valence-electron chi connectivity index (χ3n) is 2.23. The fourth-order valence-corrected chi connectivity index (χ4v) is 1.61. The summed E-state index contributed by atoms with van der Waals surface area (Å²) in [5.74, 6) is 1.21. The predicted octanol–water partition coefficient (Wildman–Crippen LogP) is 2.67. The average Bonchev–Trinajstić information content (AvgIpc) is 2.35. The molecule has 4 nitrogen and oxygen atoms in total. The topological polar surface area (TPSA) is 49.8 Å². The van der Waals surface area contributed by atoms with Gasteiger partial charge in [0.1, 0.15) is 5.75 Å². The van der Waals surface area contributed by atoms with Crippen LogP contribution in [0.3, 0.4) is 0 Å². The molecule has 0 fully saturated rings. The van der Waals surface area contributed by atoms with Gasteiger partial charge in [-0.05, 0) is 30.2 Å². The van der Waals surface area contributed by atoms with E-state index < -0.39 is 11.3 Å². The van der Waals surface area contributed by atoms with Crippen molar-refractivity contribution in [3.63, 3.8) is 0 Å². The van der Waals surface area contributed by atoms with Crippen LogP contribution in [0.25, 0.3) is 0 Å². The first-order valence-corrected chi connectivity index (χ1v) is 7.36. The maximum atomic E-state index is 10.8. The Bertz CT molecular complexity index is 371. The van der Waals surface area contributed by atoms with Crippen molar-refractivity contribution < 1.29 is 13.5 Å². The number of halogens is 1. The molecule has 0 aliphatic carbocycles. The van der Waals surface area contributed by atoms with Gasteiger partial charge in [-0.15, -0.1) is 0 Å². The molecule has 1 rings (SSSR count). The zero-order valence-corrected chi connectivity index (χ0v) is 12.2. The quantitative estimate of drug-likeness (QED) is 0.647. The molecule has 0 aliphatic rings. The summed E-state index contributed by atoms with van der Waals surface area (Å²) in [5.41, 5.74) is 0.673. The van der Waals surface area contributed by atoms with Gasteiger partial charge in [0.2, 0.25) is 0 Å². The summed E-state index contributed by atoms with van der Waals surface area (Å²) in [4.78, 5) is 0. The van der Waals surface area contributed by atoms with E-state index in [1.807, 2.05) is 0 Å². The molecule has 6 heteroatoms. The van der Waals surface area contributed by atoms with Crippen molar-refractivity contribution in [2.24, 2.45) is 5.92 Å². The first-order chi connectivity index (χ1) is 8.04. The summed E-state index contributed by atoms with van der Waals surface area (Å²) in [6.07, 6.45) is 0. The van der Waals surface area contributed by atoms with Crippen LogP contribution in [0.5, 0.6) is 5.75 Å². The average molecular weight is 322 g/mol. The fraction of sp³-hybridized carbons (Fsp3) is 0.455. The lowest BCUT2D eigenvalue weighted by Gasteiger charge is -2.15. The van der Waals surface area contributed by atoms with Crippen LogP contribution in [-0.2, 0) is 11.3 Å². The summed E-state index contributed by atoms with van der Waals surface area (Å²) in [7, 11) is 1.55. The van der Waals surface area contributed by atoms with Crippen molar-refractivity contribution in [3.05, 3.63) is 24.3 Å². The smallest absolute Gasteiger partial charge is 0.261 e. The van der Waals surface area contributed by atoms with Crippen LogP contribution in [0.2, 0.25) is 0 Å². The number of hydrogen-bond donors (Lipinski definition) is 1. The van der Waals surface area contributed by atoms with E-state index in [2.05, 4.69) is 22.9 Å². The maximum Gasteiger partial charge on any atom is 0.261 e. The highest BCUT2D eigenvalue weighted by Gasteiger charge is 2.06. The van der Waals surface area contributed by atoms with Gasteiger partial charge in [0.05, 0.1) is 12.3 Å². The highest BCUT2D eigenvalue weighted by molar-refractivity contribution is 9.09. The van der Waals surface area contributed by atoms with Gasteiger partial charge in [-0.1, -0.05) is 22.9 Å². The normalized spacial score (nSPS) is 14.1. The Morgan fingerprint density at radius 3 is 2.53 bits per heavy atom. The molecule has 0 bridgehead atoms. The zero-order valence-electron chi connectivity index (χ0n) is 9.80. The van der Waals surface area contributed by atoms with Crippen LogP contribution >= 0.6 is 15.9 Å². The van der Waals surface area contributed by atoms with Crippen molar-refractivity contribution in [2.45, 2.75) is 6.92 Å². The molecule has 0 radical (unpaired) electrons. The molecule has 0 saturated heterocycles. The van der Waals surface area contributed by atoms with Crippen LogP contribution < -0.4 is 9.04 Å². The molecule has 0 saturated carbocycles. The largest absolute Gasteiger partial charge is 0.493 e. The number of alkyl halides is 1. The lowest BCUT2D eigenvalue weighted by molar-refractivity contribution is 0.274. The third kappa shape index (κ3) is 4.65. The number of benzene rings is 1. The van der Waals surface area contributed by atoms with E-state index in [1.165, 1.54) is 4.31 Å². The third-order valence-corrected chi connectivity index (χ3v) is 4.02. The Kier molecular flexibility index (Phi) is 5.94. The number of hydrogen-bond acceptors (Lipinski definition) is 2. The Morgan fingerprint density at radius 2 is 2.06 bits per heavy atom. The minimum atomic E-state index is -1.99. The summed E-state index contributed by atoms with van der Waals surface area (Å²) >= 11 is 1.39. The molecule has 2 atom stereocenters. The van der Waals surface area contributed by atoms with E-state index in [9.17, 15) is 4.21 Å². The van der Waals surface area contributed by atoms with Crippen LogP contribution in [0.15, 0.2) is 24.3 Å². The molecule has 0 spiro atoms. The van der Waals surface area contributed by atoms with Crippen molar-refractivity contribution in [3.8, 4) is 5.75 Å². The molecule has 0 aliphatic heterocycles. The second-order valence-electron chi connectivity index (χ2n) is 3.79. The standard InChI is InChI=1S/C11H16BrNO3S/c1-9(7-12)8-16-11-5-3-10(4-6-11)13(2)17(14)15/h3-6,9H,7-8H2,1-2H3,(H,14,15)/t9-/m1/s1. The second-order valence-corrected chi connectivity index (χ2v) is 5.45. The number of ether oxygens (including phenoxy) is 1. The van der Waals surface area contributed by atoms with Crippen molar-refractivity contribution in [1.82, 2.24) is 0 Å². The summed E-state index contributed by atoms with van der Waals surface area (Å²) < 4.78 is 26.6. The van der Waals surface area contributed by atoms with Crippen LogP contribution in [0, 0.1) is 5.92 Å². The Hall–Kier alpha value is -0.590. The Morgan fingerprint density at radius 1 is 1.47 bits per heavy atom. The molecule has 0 heterocycles. The number of anilines is 1. The van der Waals surface area contributed by atoms with Gasteiger partial charge >= 0.3 is 0 Å². The maximum absolute atomic E-state index is 10.8. The Labute approximate surface area is 113 Å². The molecule has 1 aromatic rings.